The maximum atomic E-state index is 11.6. The number of hydrogen-bond donors (Lipinski definition) is 2. The third-order valence-electron chi connectivity index (χ3n) is 2.26. The Morgan fingerprint density at radius 3 is 2.81 bits per heavy atom. The molecule has 0 atom stereocenters. The molecule has 2 N–H and O–H groups in total. The molecule has 0 aliphatic rings. The molecular formula is C13H18N2O. The topological polar surface area (TPSA) is 41.1 Å². The van der Waals surface area contributed by atoms with Crippen LogP contribution in [0, 0.1) is 6.92 Å². The van der Waals surface area contributed by atoms with Crippen molar-refractivity contribution in [3.05, 3.63) is 42.0 Å². The van der Waals surface area contributed by atoms with Gasteiger partial charge in [-0.25, -0.2) is 0 Å². The lowest BCUT2D eigenvalue weighted by atomic mass is 10.1. The second kappa shape index (κ2) is 5.95. The van der Waals surface area contributed by atoms with E-state index in [1.165, 1.54) is 0 Å². The van der Waals surface area contributed by atoms with Gasteiger partial charge in [0.05, 0.1) is 0 Å². The summed E-state index contributed by atoms with van der Waals surface area (Å²) >= 11 is 0. The Balaban J connectivity index is 2.81. The van der Waals surface area contributed by atoms with Gasteiger partial charge in [0.15, 0.2) is 0 Å². The number of nitrogens with one attached hydrogen (secondary N) is 2. The molecule has 0 saturated carbocycles. The third kappa shape index (κ3) is 3.12. The minimum Gasteiger partial charge on any atom is -0.381 e. The van der Waals surface area contributed by atoms with Gasteiger partial charge in [0, 0.05) is 24.3 Å². The molecule has 16 heavy (non-hydrogen) atoms. The summed E-state index contributed by atoms with van der Waals surface area (Å²) in [6, 6.07) is 5.63. The van der Waals surface area contributed by atoms with E-state index in [0.29, 0.717) is 12.1 Å². The first kappa shape index (κ1) is 12.3. The highest BCUT2D eigenvalue weighted by molar-refractivity contribution is 5.94. The molecule has 3 heteroatoms. The average Bonchev–Trinajstić information content (AvgIpc) is 2.27. The lowest BCUT2D eigenvalue weighted by Gasteiger charge is -2.09. The summed E-state index contributed by atoms with van der Waals surface area (Å²) in [5.41, 5.74) is 2.79. The predicted octanol–water partition coefficient (Wildman–Crippen LogP) is 2.34. The summed E-state index contributed by atoms with van der Waals surface area (Å²) in [6.45, 7) is 8.91. The largest absolute Gasteiger partial charge is 0.381 e. The Hall–Kier alpha value is -1.77. The van der Waals surface area contributed by atoms with Gasteiger partial charge >= 0.3 is 0 Å². The van der Waals surface area contributed by atoms with Crippen LogP contribution in [0.4, 0.5) is 5.69 Å². The molecular weight excluding hydrogens is 200 g/mol. The summed E-state index contributed by atoms with van der Waals surface area (Å²) in [4.78, 5) is 11.6. The van der Waals surface area contributed by atoms with Gasteiger partial charge in [0.25, 0.3) is 5.91 Å². The molecule has 0 saturated heterocycles. The van der Waals surface area contributed by atoms with Crippen LogP contribution in [0.25, 0.3) is 0 Å². The molecule has 0 spiro atoms. The Morgan fingerprint density at radius 1 is 1.50 bits per heavy atom. The highest BCUT2D eigenvalue weighted by Crippen LogP contribution is 2.16. The maximum absolute atomic E-state index is 11.6. The molecule has 0 unspecified atom stereocenters. The number of carbonyl (C=O) groups is 1. The fourth-order valence-electron chi connectivity index (χ4n) is 1.45. The zero-order valence-electron chi connectivity index (χ0n) is 9.84. The molecule has 0 bridgehead atoms. The van der Waals surface area contributed by atoms with Gasteiger partial charge in [-0.1, -0.05) is 6.08 Å². The van der Waals surface area contributed by atoms with E-state index in [1.807, 2.05) is 32.0 Å². The van der Waals surface area contributed by atoms with Crippen LogP contribution in [0.2, 0.25) is 0 Å². The van der Waals surface area contributed by atoms with Crippen LogP contribution in [-0.2, 0) is 0 Å². The van der Waals surface area contributed by atoms with Gasteiger partial charge in [0.2, 0.25) is 0 Å². The predicted molar refractivity (Wildman–Crippen MR) is 67.9 cm³/mol. The smallest absolute Gasteiger partial charge is 0.251 e. The number of anilines is 1. The minimum atomic E-state index is -0.0270. The van der Waals surface area contributed by atoms with E-state index in [4.69, 9.17) is 0 Å². The van der Waals surface area contributed by atoms with E-state index >= 15 is 0 Å². The van der Waals surface area contributed by atoms with Crippen molar-refractivity contribution < 1.29 is 4.79 Å². The number of amides is 1. The van der Waals surface area contributed by atoms with Crippen molar-refractivity contribution in [3.63, 3.8) is 0 Å². The SMILES string of the molecule is C=CCNc1ccc(C(=O)NCC)cc1C. The molecule has 0 fully saturated rings. The Morgan fingerprint density at radius 2 is 2.25 bits per heavy atom. The Labute approximate surface area is 96.6 Å². The molecule has 1 aromatic rings. The standard InChI is InChI=1S/C13H18N2O/c1-4-8-15-12-7-6-11(9-10(12)3)13(16)14-5-2/h4,6-7,9,15H,1,5,8H2,2-3H3,(H,14,16). The van der Waals surface area contributed by atoms with Crippen LogP contribution in [-0.4, -0.2) is 19.0 Å². The molecule has 0 aromatic heterocycles. The highest BCUT2D eigenvalue weighted by Gasteiger charge is 2.05. The number of rotatable bonds is 5. The van der Waals surface area contributed by atoms with Gasteiger partial charge in [-0.15, -0.1) is 6.58 Å². The van der Waals surface area contributed by atoms with Crippen molar-refractivity contribution in [2.24, 2.45) is 0 Å². The molecule has 0 aliphatic heterocycles. The third-order valence-corrected chi connectivity index (χ3v) is 2.26. The van der Waals surface area contributed by atoms with Gasteiger partial charge in [-0.2, -0.15) is 0 Å². The number of carbonyl (C=O) groups excluding carboxylic acids is 1. The molecule has 0 radical (unpaired) electrons. The monoisotopic (exact) mass is 218 g/mol. The fraction of sp³-hybridized carbons (Fsp3) is 0.308. The fourth-order valence-corrected chi connectivity index (χ4v) is 1.45. The van der Waals surface area contributed by atoms with Crippen LogP contribution < -0.4 is 10.6 Å². The van der Waals surface area contributed by atoms with Crippen molar-refractivity contribution in [2.75, 3.05) is 18.4 Å². The van der Waals surface area contributed by atoms with Gasteiger partial charge in [-0.3, -0.25) is 4.79 Å². The lowest BCUT2D eigenvalue weighted by Crippen LogP contribution is -2.22. The van der Waals surface area contributed by atoms with Gasteiger partial charge in [0.1, 0.15) is 0 Å². The minimum absolute atomic E-state index is 0.0270. The van der Waals surface area contributed by atoms with Crippen molar-refractivity contribution in [2.45, 2.75) is 13.8 Å². The van der Waals surface area contributed by atoms with Crippen LogP contribution in [0.5, 0.6) is 0 Å². The van der Waals surface area contributed by atoms with Crippen molar-refractivity contribution in [1.29, 1.82) is 0 Å². The van der Waals surface area contributed by atoms with Crippen LogP contribution in [0.15, 0.2) is 30.9 Å². The second-order valence-corrected chi connectivity index (χ2v) is 3.56. The van der Waals surface area contributed by atoms with E-state index in [1.54, 1.807) is 6.08 Å². The molecule has 0 aliphatic carbocycles. The van der Waals surface area contributed by atoms with Crippen molar-refractivity contribution in [3.8, 4) is 0 Å². The first-order chi connectivity index (χ1) is 7.69. The van der Waals surface area contributed by atoms with Crippen LogP contribution in [0.3, 0.4) is 0 Å². The average molecular weight is 218 g/mol. The van der Waals surface area contributed by atoms with E-state index < -0.39 is 0 Å². The normalized spacial score (nSPS) is 9.62. The maximum Gasteiger partial charge on any atom is 0.251 e. The summed E-state index contributed by atoms with van der Waals surface area (Å²) < 4.78 is 0. The molecule has 1 amide bonds. The molecule has 3 nitrogen and oxygen atoms in total. The highest BCUT2D eigenvalue weighted by atomic mass is 16.1. The quantitative estimate of drug-likeness (QED) is 0.745. The van der Waals surface area contributed by atoms with E-state index in [9.17, 15) is 4.79 Å². The first-order valence-corrected chi connectivity index (χ1v) is 5.42. The second-order valence-electron chi connectivity index (χ2n) is 3.56. The summed E-state index contributed by atoms with van der Waals surface area (Å²) in [5, 5.41) is 5.99. The number of aryl methyl sites for hydroxylation is 1. The molecule has 1 rings (SSSR count). The van der Waals surface area contributed by atoms with Crippen LogP contribution in [0.1, 0.15) is 22.8 Å². The first-order valence-electron chi connectivity index (χ1n) is 5.42. The Kier molecular flexibility index (Phi) is 4.58. The number of hydrogen-bond acceptors (Lipinski definition) is 2. The lowest BCUT2D eigenvalue weighted by molar-refractivity contribution is 0.0956. The summed E-state index contributed by atoms with van der Waals surface area (Å²) in [6.07, 6.45) is 1.80. The summed E-state index contributed by atoms with van der Waals surface area (Å²) in [5.74, 6) is -0.0270. The van der Waals surface area contributed by atoms with Crippen LogP contribution >= 0.6 is 0 Å². The van der Waals surface area contributed by atoms with Gasteiger partial charge < -0.3 is 10.6 Å². The van der Waals surface area contributed by atoms with Crippen molar-refractivity contribution >= 4 is 11.6 Å². The molecule has 86 valence electrons. The van der Waals surface area contributed by atoms with E-state index in [0.717, 1.165) is 17.8 Å². The Bertz CT molecular complexity index is 386. The van der Waals surface area contributed by atoms with E-state index in [2.05, 4.69) is 17.2 Å². The molecule has 0 heterocycles. The van der Waals surface area contributed by atoms with E-state index in [-0.39, 0.29) is 5.91 Å². The zero-order chi connectivity index (χ0) is 12.0. The number of benzene rings is 1. The molecule has 1 aromatic carbocycles. The van der Waals surface area contributed by atoms with Gasteiger partial charge in [-0.05, 0) is 37.6 Å². The summed E-state index contributed by atoms with van der Waals surface area (Å²) in [7, 11) is 0. The van der Waals surface area contributed by atoms with Crippen molar-refractivity contribution in [1.82, 2.24) is 5.32 Å². The zero-order valence-corrected chi connectivity index (χ0v) is 9.84.